The van der Waals surface area contributed by atoms with Gasteiger partial charge in [0.1, 0.15) is 0 Å². The van der Waals surface area contributed by atoms with Crippen molar-refractivity contribution in [1.82, 2.24) is 20.0 Å². The van der Waals surface area contributed by atoms with Crippen LogP contribution in [-0.2, 0) is 0 Å². The van der Waals surface area contributed by atoms with Crippen LogP contribution < -0.4 is 0 Å². The van der Waals surface area contributed by atoms with Crippen LogP contribution in [0.5, 0.6) is 0 Å². The highest BCUT2D eigenvalue weighted by Crippen LogP contribution is 2.31. The maximum atomic E-state index is 13.3. The summed E-state index contributed by atoms with van der Waals surface area (Å²) in [6.45, 7) is 6.12. The van der Waals surface area contributed by atoms with Crippen LogP contribution in [0.2, 0.25) is 0 Å². The molecule has 3 aromatic rings. The van der Waals surface area contributed by atoms with E-state index < -0.39 is 0 Å². The first kappa shape index (κ1) is 18.7. The normalized spacial score (nSPS) is 21.9. The van der Waals surface area contributed by atoms with Crippen LogP contribution in [0.25, 0.3) is 21.3 Å². The Morgan fingerprint density at radius 2 is 1.96 bits per heavy atom. The van der Waals surface area contributed by atoms with Gasteiger partial charge < -0.3 is 9.80 Å². The molecule has 6 rings (SSSR count). The average molecular weight is 447 g/mol. The Morgan fingerprint density at radius 1 is 1.15 bits per heavy atom. The molecule has 5 heterocycles. The molecule has 3 aliphatic heterocycles. The van der Waals surface area contributed by atoms with Crippen molar-refractivity contribution >= 4 is 45.1 Å². The molecule has 1 N–H and O–H groups in total. The molecule has 3 fully saturated rings. The van der Waals surface area contributed by atoms with Crippen molar-refractivity contribution in [3.8, 4) is 10.4 Å². The molecule has 0 saturated carbocycles. The maximum absolute atomic E-state index is 13.3. The molecule has 5 nitrogen and oxygen atoms in total. The summed E-state index contributed by atoms with van der Waals surface area (Å²) in [5.41, 5.74) is 2.64. The largest absolute Gasteiger partial charge is 0.333 e. The zero-order valence-corrected chi connectivity index (χ0v) is 17.8. The monoisotopic (exact) mass is 446 g/mol. The van der Waals surface area contributed by atoms with Crippen LogP contribution in [0.3, 0.4) is 0 Å². The summed E-state index contributed by atoms with van der Waals surface area (Å²) in [6, 6.07) is 10.9. The van der Waals surface area contributed by atoms with Gasteiger partial charge in [-0.25, -0.2) is 0 Å². The van der Waals surface area contributed by atoms with Gasteiger partial charge in [0.25, 0.3) is 5.91 Å². The molecule has 3 aliphatic rings. The van der Waals surface area contributed by atoms with Crippen molar-refractivity contribution in [1.29, 1.82) is 0 Å². The van der Waals surface area contributed by atoms with Crippen molar-refractivity contribution in [2.45, 2.75) is 25.8 Å². The third kappa shape index (κ3) is 3.32. The highest BCUT2D eigenvalue weighted by Gasteiger charge is 2.33. The standard InChI is InChI=1S/C20H22N4OS.BrH/c1-13-2-5-18(26-13)14-3-4-17-16(12-14)19(22-21-17)20(25)24-11-10-23-8-6-15(24)7-9-23;/h2-5,12,15H,6-11H2,1H3,(H,21,22);1H. The second kappa shape index (κ2) is 7.37. The number of nitrogens with zero attached hydrogens (tertiary/aromatic N) is 3. The minimum atomic E-state index is 0. The van der Waals surface area contributed by atoms with Crippen LogP contribution >= 0.6 is 28.3 Å². The third-order valence-corrected chi connectivity index (χ3v) is 6.76. The van der Waals surface area contributed by atoms with E-state index in [9.17, 15) is 4.79 Å². The Bertz CT molecular complexity index is 973. The zero-order chi connectivity index (χ0) is 17.7. The van der Waals surface area contributed by atoms with Crippen molar-refractivity contribution in [3.05, 3.63) is 40.9 Å². The van der Waals surface area contributed by atoms with Crippen molar-refractivity contribution < 1.29 is 4.79 Å². The molecule has 0 atom stereocenters. The van der Waals surface area contributed by atoms with Gasteiger partial charge in [0, 0.05) is 47.4 Å². The van der Waals surface area contributed by atoms with Crippen molar-refractivity contribution in [2.24, 2.45) is 0 Å². The lowest BCUT2D eigenvalue weighted by atomic mass is 10.0. The number of rotatable bonds is 2. The van der Waals surface area contributed by atoms with E-state index >= 15 is 0 Å². The summed E-state index contributed by atoms with van der Waals surface area (Å²) in [5.74, 6) is 0.0736. The minimum Gasteiger partial charge on any atom is -0.333 e. The molecule has 27 heavy (non-hydrogen) atoms. The Labute approximate surface area is 173 Å². The van der Waals surface area contributed by atoms with Crippen LogP contribution in [0.1, 0.15) is 28.2 Å². The van der Waals surface area contributed by atoms with E-state index in [4.69, 9.17) is 0 Å². The number of nitrogens with one attached hydrogen (secondary N) is 1. The van der Waals surface area contributed by atoms with Gasteiger partial charge in [-0.15, -0.1) is 28.3 Å². The van der Waals surface area contributed by atoms with E-state index in [2.05, 4.69) is 51.2 Å². The fourth-order valence-electron chi connectivity index (χ4n) is 4.21. The second-order valence-corrected chi connectivity index (χ2v) is 8.60. The molecular formula is C20H23BrN4OS. The van der Waals surface area contributed by atoms with Gasteiger partial charge in [0.05, 0.1) is 5.52 Å². The number of amides is 1. The molecule has 3 saturated heterocycles. The van der Waals surface area contributed by atoms with E-state index in [-0.39, 0.29) is 22.9 Å². The first-order chi connectivity index (χ1) is 12.7. The maximum Gasteiger partial charge on any atom is 0.275 e. The van der Waals surface area contributed by atoms with Crippen LogP contribution in [0, 0.1) is 6.92 Å². The second-order valence-electron chi connectivity index (χ2n) is 7.31. The lowest BCUT2D eigenvalue weighted by Gasteiger charge is -2.31. The number of hydrogen-bond donors (Lipinski definition) is 1. The molecule has 1 aromatic carbocycles. The minimum absolute atomic E-state index is 0. The van der Waals surface area contributed by atoms with Crippen LogP contribution in [0.15, 0.2) is 30.3 Å². The number of aromatic amines is 1. The predicted molar refractivity (Wildman–Crippen MR) is 115 cm³/mol. The van der Waals surface area contributed by atoms with E-state index in [0.29, 0.717) is 11.7 Å². The Hall–Kier alpha value is -1.70. The summed E-state index contributed by atoms with van der Waals surface area (Å²) in [5, 5.41) is 8.37. The van der Waals surface area contributed by atoms with Gasteiger partial charge in [-0.3, -0.25) is 9.89 Å². The molecule has 2 aromatic heterocycles. The zero-order valence-electron chi connectivity index (χ0n) is 15.3. The van der Waals surface area contributed by atoms with Crippen molar-refractivity contribution in [2.75, 3.05) is 26.2 Å². The van der Waals surface area contributed by atoms with Gasteiger partial charge in [-0.2, -0.15) is 5.10 Å². The molecule has 0 radical (unpaired) electrons. The molecule has 0 spiro atoms. The molecule has 0 unspecified atom stereocenters. The highest BCUT2D eigenvalue weighted by atomic mass is 79.9. The topological polar surface area (TPSA) is 52.2 Å². The Balaban J connectivity index is 0.00000180. The first-order valence-corrected chi connectivity index (χ1v) is 10.1. The number of halogens is 1. The Kier molecular flexibility index (Phi) is 5.09. The van der Waals surface area contributed by atoms with Gasteiger partial charge in [0.2, 0.25) is 0 Å². The number of fused-ring (bicyclic) bond motifs is 5. The number of hydrogen-bond acceptors (Lipinski definition) is 4. The van der Waals surface area contributed by atoms with Crippen LogP contribution in [-0.4, -0.2) is 58.1 Å². The quantitative estimate of drug-likeness (QED) is 0.644. The smallest absolute Gasteiger partial charge is 0.275 e. The fourth-order valence-corrected chi connectivity index (χ4v) is 5.07. The first-order valence-electron chi connectivity index (χ1n) is 9.27. The molecule has 1 amide bonds. The number of H-pyrrole nitrogens is 1. The molecule has 7 heteroatoms. The molecule has 0 aliphatic carbocycles. The summed E-state index contributed by atoms with van der Waals surface area (Å²) in [6.07, 6.45) is 2.15. The number of carbonyl (C=O) groups excluding carboxylic acids is 1. The van der Waals surface area contributed by atoms with E-state index in [0.717, 1.165) is 55.5 Å². The third-order valence-electron chi connectivity index (χ3n) is 5.71. The number of carbonyl (C=O) groups is 1. The van der Waals surface area contributed by atoms with Crippen molar-refractivity contribution in [3.63, 3.8) is 0 Å². The van der Waals surface area contributed by atoms with E-state index in [1.165, 1.54) is 9.75 Å². The van der Waals surface area contributed by atoms with Gasteiger partial charge in [-0.1, -0.05) is 6.07 Å². The number of aryl methyl sites for hydroxylation is 1. The SMILES string of the molecule is Br.Cc1ccc(-c2ccc3[nH]nc(C(=O)N4CCN5CCC4CC5)c3c2)s1. The lowest BCUT2D eigenvalue weighted by Crippen LogP contribution is -2.41. The molecular weight excluding hydrogens is 424 g/mol. The summed E-state index contributed by atoms with van der Waals surface area (Å²) in [4.78, 5) is 20.3. The number of thiophene rings is 1. The van der Waals surface area contributed by atoms with Crippen LogP contribution in [0.4, 0.5) is 0 Å². The average Bonchev–Trinajstić information content (AvgIpc) is 3.16. The number of benzene rings is 1. The lowest BCUT2D eigenvalue weighted by molar-refractivity contribution is 0.0681. The summed E-state index contributed by atoms with van der Waals surface area (Å²) >= 11 is 1.78. The number of piperidine rings is 1. The molecule has 142 valence electrons. The fraction of sp³-hybridized carbons (Fsp3) is 0.400. The summed E-state index contributed by atoms with van der Waals surface area (Å²) in [7, 11) is 0. The molecule has 2 bridgehead atoms. The summed E-state index contributed by atoms with van der Waals surface area (Å²) < 4.78 is 0. The van der Waals surface area contributed by atoms with Gasteiger partial charge in [-0.05, 0) is 49.6 Å². The Morgan fingerprint density at radius 3 is 2.70 bits per heavy atom. The highest BCUT2D eigenvalue weighted by molar-refractivity contribution is 8.93. The van der Waals surface area contributed by atoms with Gasteiger partial charge >= 0.3 is 0 Å². The van der Waals surface area contributed by atoms with E-state index in [1.54, 1.807) is 11.3 Å². The predicted octanol–water partition coefficient (Wildman–Crippen LogP) is 4.10. The number of aromatic nitrogens is 2. The van der Waals surface area contributed by atoms with Gasteiger partial charge in [0.15, 0.2) is 5.69 Å². The van der Waals surface area contributed by atoms with E-state index in [1.807, 2.05) is 6.07 Å².